The predicted molar refractivity (Wildman–Crippen MR) is 129 cm³/mol. The second kappa shape index (κ2) is 7.89. The Morgan fingerprint density at radius 1 is 1.06 bits per heavy atom. The van der Waals surface area contributed by atoms with Gasteiger partial charge in [-0.2, -0.15) is 10.2 Å². The summed E-state index contributed by atoms with van der Waals surface area (Å²) in [7, 11) is 0. The Morgan fingerprint density at radius 2 is 1.88 bits per heavy atom. The molecular formula is C26H22FN5. The normalized spacial score (nSPS) is 13.2. The van der Waals surface area contributed by atoms with Gasteiger partial charge in [-0.05, 0) is 61.4 Å². The molecule has 5 nitrogen and oxygen atoms in total. The highest BCUT2D eigenvalue weighted by atomic mass is 19.1. The van der Waals surface area contributed by atoms with Gasteiger partial charge in [-0.25, -0.2) is 9.37 Å². The third-order valence-corrected chi connectivity index (χ3v) is 5.61. The van der Waals surface area contributed by atoms with Crippen molar-refractivity contribution in [3.8, 4) is 11.1 Å². The van der Waals surface area contributed by atoms with Crippen molar-refractivity contribution in [3.63, 3.8) is 0 Å². The fourth-order valence-electron chi connectivity index (χ4n) is 3.95. The minimum atomic E-state index is -0.266. The Morgan fingerprint density at radius 3 is 2.62 bits per heavy atom. The topological polar surface area (TPSA) is 54.0 Å². The van der Waals surface area contributed by atoms with E-state index in [1.165, 1.54) is 12.1 Å². The Labute approximate surface area is 185 Å². The van der Waals surface area contributed by atoms with E-state index < -0.39 is 0 Å². The smallest absolute Gasteiger partial charge is 0.161 e. The molecule has 2 aromatic carbocycles. The van der Waals surface area contributed by atoms with Gasteiger partial charge in [-0.1, -0.05) is 24.8 Å². The molecule has 0 radical (unpaired) electrons. The lowest BCUT2D eigenvalue weighted by Crippen LogP contribution is -2.06. The molecule has 6 heteroatoms. The largest absolute Gasteiger partial charge is 0.356 e. The standard InChI is InChI=1S/C26H22FN5/c1-16-6-7-19(14-23(16)18(3)29-21-10-8-20(27)9-11-21)22-5-4-12-32-25(22)15-28-26(32)24-13-17(2)30-31-24/h4-12,14-15,29H,3,13H2,1-2H3. The first kappa shape index (κ1) is 19.9. The van der Waals surface area contributed by atoms with Crippen molar-refractivity contribution in [2.45, 2.75) is 20.3 Å². The number of hydrogen-bond acceptors (Lipinski definition) is 4. The summed E-state index contributed by atoms with van der Waals surface area (Å²) < 4.78 is 15.3. The summed E-state index contributed by atoms with van der Waals surface area (Å²) in [6.45, 7) is 8.23. The molecular weight excluding hydrogens is 401 g/mol. The Kier molecular flexibility index (Phi) is 4.90. The van der Waals surface area contributed by atoms with Gasteiger partial charge in [0.2, 0.25) is 0 Å². The minimum Gasteiger partial charge on any atom is -0.356 e. The van der Waals surface area contributed by atoms with E-state index in [2.05, 4.69) is 62.7 Å². The number of benzene rings is 2. The summed E-state index contributed by atoms with van der Waals surface area (Å²) in [5.41, 5.74) is 8.64. The Hall–Kier alpha value is -4.06. The van der Waals surface area contributed by atoms with Crippen molar-refractivity contribution in [1.29, 1.82) is 0 Å². The number of aryl methyl sites for hydroxylation is 1. The van der Waals surface area contributed by atoms with Crippen LogP contribution in [-0.4, -0.2) is 20.8 Å². The third-order valence-electron chi connectivity index (χ3n) is 5.61. The van der Waals surface area contributed by atoms with Crippen molar-refractivity contribution >= 4 is 28.3 Å². The number of rotatable bonds is 5. The number of aromatic nitrogens is 2. The van der Waals surface area contributed by atoms with Crippen LogP contribution in [0, 0.1) is 12.7 Å². The van der Waals surface area contributed by atoms with Crippen LogP contribution in [0.15, 0.2) is 83.8 Å². The van der Waals surface area contributed by atoms with E-state index in [1.807, 2.05) is 25.4 Å². The molecule has 0 fully saturated rings. The summed E-state index contributed by atoms with van der Waals surface area (Å²) in [5.74, 6) is 0.551. The van der Waals surface area contributed by atoms with Gasteiger partial charge in [-0.15, -0.1) is 0 Å². The highest BCUT2D eigenvalue weighted by Crippen LogP contribution is 2.30. The zero-order valence-electron chi connectivity index (χ0n) is 17.9. The maximum absolute atomic E-state index is 13.2. The summed E-state index contributed by atoms with van der Waals surface area (Å²) >= 11 is 0. The average Bonchev–Trinajstić information content (AvgIpc) is 3.41. The van der Waals surface area contributed by atoms with Crippen LogP contribution in [0.1, 0.15) is 30.3 Å². The maximum atomic E-state index is 13.2. The van der Waals surface area contributed by atoms with Gasteiger partial charge >= 0.3 is 0 Å². The predicted octanol–water partition coefficient (Wildman–Crippen LogP) is 6.10. The van der Waals surface area contributed by atoms with Crippen LogP contribution in [0.3, 0.4) is 0 Å². The zero-order valence-corrected chi connectivity index (χ0v) is 17.9. The molecule has 2 aromatic heterocycles. The van der Waals surface area contributed by atoms with E-state index in [-0.39, 0.29) is 5.82 Å². The van der Waals surface area contributed by atoms with Gasteiger partial charge in [0.05, 0.1) is 11.7 Å². The lowest BCUT2D eigenvalue weighted by atomic mass is 9.98. The number of anilines is 1. The van der Waals surface area contributed by atoms with Gasteiger partial charge in [0, 0.05) is 40.8 Å². The molecule has 4 aromatic rings. The van der Waals surface area contributed by atoms with Gasteiger partial charge in [0.15, 0.2) is 5.82 Å². The highest BCUT2D eigenvalue weighted by Gasteiger charge is 2.18. The molecule has 0 amide bonds. The van der Waals surface area contributed by atoms with E-state index in [9.17, 15) is 4.39 Å². The van der Waals surface area contributed by atoms with Crippen LogP contribution in [0.5, 0.6) is 0 Å². The number of imidazole rings is 1. The van der Waals surface area contributed by atoms with Crippen molar-refractivity contribution in [1.82, 2.24) is 9.38 Å². The Balaban J connectivity index is 1.51. The van der Waals surface area contributed by atoms with Crippen molar-refractivity contribution < 1.29 is 4.39 Å². The van der Waals surface area contributed by atoms with Crippen molar-refractivity contribution in [2.24, 2.45) is 10.2 Å². The monoisotopic (exact) mass is 423 g/mol. The number of pyridine rings is 1. The van der Waals surface area contributed by atoms with Crippen LogP contribution in [0.25, 0.3) is 22.3 Å². The highest BCUT2D eigenvalue weighted by molar-refractivity contribution is 6.13. The fraction of sp³-hybridized carbons (Fsp3) is 0.115. The average molecular weight is 423 g/mol. The van der Waals surface area contributed by atoms with Gasteiger partial charge in [-0.3, -0.25) is 4.40 Å². The SMILES string of the molecule is C=C(Nc1ccc(F)cc1)c1cc(-c2cccn3c(C4=NN=C(C)C4)ncc23)ccc1C. The molecule has 0 bridgehead atoms. The number of fused-ring (bicyclic) bond motifs is 1. The molecule has 0 saturated heterocycles. The molecule has 32 heavy (non-hydrogen) atoms. The summed E-state index contributed by atoms with van der Waals surface area (Å²) in [5, 5.41) is 11.7. The van der Waals surface area contributed by atoms with Gasteiger partial charge in [0.1, 0.15) is 11.5 Å². The van der Waals surface area contributed by atoms with E-state index in [4.69, 9.17) is 0 Å². The molecule has 1 aliphatic rings. The number of nitrogens with zero attached hydrogens (tertiary/aromatic N) is 4. The lowest BCUT2D eigenvalue weighted by Gasteiger charge is -2.15. The van der Waals surface area contributed by atoms with Crippen LogP contribution in [0.4, 0.5) is 10.1 Å². The van der Waals surface area contributed by atoms with Crippen molar-refractivity contribution in [2.75, 3.05) is 5.32 Å². The van der Waals surface area contributed by atoms with Crippen molar-refractivity contribution in [3.05, 3.63) is 96.3 Å². The molecule has 0 aliphatic carbocycles. The van der Waals surface area contributed by atoms with Crippen LogP contribution in [0.2, 0.25) is 0 Å². The second-order valence-corrected chi connectivity index (χ2v) is 7.96. The molecule has 0 unspecified atom stereocenters. The van der Waals surface area contributed by atoms with E-state index >= 15 is 0 Å². The van der Waals surface area contributed by atoms with Gasteiger partial charge in [0.25, 0.3) is 0 Å². The lowest BCUT2D eigenvalue weighted by molar-refractivity contribution is 0.628. The summed E-state index contributed by atoms with van der Waals surface area (Å²) in [4.78, 5) is 4.63. The maximum Gasteiger partial charge on any atom is 0.161 e. The molecule has 0 saturated carbocycles. The molecule has 158 valence electrons. The number of nitrogens with one attached hydrogen (secondary N) is 1. The second-order valence-electron chi connectivity index (χ2n) is 7.96. The first-order valence-electron chi connectivity index (χ1n) is 10.4. The quantitative estimate of drug-likeness (QED) is 0.422. The van der Waals surface area contributed by atoms with E-state index in [1.54, 1.807) is 12.1 Å². The molecule has 1 N–H and O–H groups in total. The van der Waals surface area contributed by atoms with E-state index in [0.29, 0.717) is 6.42 Å². The number of hydrogen-bond donors (Lipinski definition) is 1. The molecule has 5 rings (SSSR count). The van der Waals surface area contributed by atoms with Gasteiger partial charge < -0.3 is 5.32 Å². The zero-order chi connectivity index (χ0) is 22.2. The fourth-order valence-corrected chi connectivity index (χ4v) is 3.95. The van der Waals surface area contributed by atoms with Crippen LogP contribution < -0.4 is 5.32 Å². The minimum absolute atomic E-state index is 0.266. The summed E-state index contributed by atoms with van der Waals surface area (Å²) in [6.07, 6.45) is 4.60. The Bertz CT molecular complexity index is 1410. The first-order chi connectivity index (χ1) is 15.5. The molecule has 0 atom stereocenters. The molecule has 1 aliphatic heterocycles. The van der Waals surface area contributed by atoms with Crippen LogP contribution in [-0.2, 0) is 0 Å². The molecule has 0 spiro atoms. The number of halogens is 1. The first-order valence-corrected chi connectivity index (χ1v) is 10.4. The summed E-state index contributed by atoms with van der Waals surface area (Å²) in [6, 6.07) is 16.7. The molecule has 3 heterocycles. The van der Waals surface area contributed by atoms with E-state index in [0.717, 1.165) is 56.4 Å². The van der Waals surface area contributed by atoms with Crippen LogP contribution >= 0.6 is 0 Å². The third kappa shape index (κ3) is 3.60.